The zero-order valence-electron chi connectivity index (χ0n) is 19.2. The van der Waals surface area contributed by atoms with E-state index in [9.17, 15) is 0 Å². The summed E-state index contributed by atoms with van der Waals surface area (Å²) in [5, 5.41) is 2.96. The Morgan fingerprint density at radius 2 is 1.24 bits per heavy atom. The lowest BCUT2D eigenvalue weighted by molar-refractivity contribution is 0.552. The van der Waals surface area contributed by atoms with Gasteiger partial charge in [0, 0.05) is 5.04 Å². The molecule has 0 fully saturated rings. The number of rotatable bonds is 7. The summed E-state index contributed by atoms with van der Waals surface area (Å²) in [7, 11) is -4.02. The van der Waals surface area contributed by atoms with Gasteiger partial charge in [-0.2, -0.15) is 0 Å². The van der Waals surface area contributed by atoms with Gasteiger partial charge in [0.15, 0.2) is 8.24 Å². The van der Waals surface area contributed by atoms with Crippen LogP contribution in [0.4, 0.5) is 0 Å². The van der Waals surface area contributed by atoms with Gasteiger partial charge in [-0.1, -0.05) is 126 Å². The van der Waals surface area contributed by atoms with Gasteiger partial charge in [-0.05, 0) is 27.8 Å². The molecule has 2 aromatic carbocycles. The van der Waals surface area contributed by atoms with Gasteiger partial charge < -0.3 is 4.65 Å². The summed E-state index contributed by atoms with van der Waals surface area (Å²) >= 11 is 0. The van der Waals surface area contributed by atoms with Crippen LogP contribution in [-0.4, -0.2) is 16.5 Å². The topological polar surface area (TPSA) is 12.0 Å². The van der Waals surface area contributed by atoms with Crippen molar-refractivity contribution >= 4 is 26.8 Å². The molecule has 1 nitrogen and oxygen atoms in total. The molecule has 1 atom stereocenters. The second-order valence-electron chi connectivity index (χ2n) is 10.1. The Hall–Kier alpha value is -1.69. The Balaban J connectivity index is 2.43. The summed E-state index contributed by atoms with van der Waals surface area (Å²) in [5.41, 5.74) is 1.47. The van der Waals surface area contributed by atoms with Crippen LogP contribution in [0.2, 0.25) is 24.7 Å². The van der Waals surface area contributed by atoms with Crippen molar-refractivity contribution < 1.29 is 0 Å². The molecule has 1 N–H and O–H groups in total. The molecule has 3 rings (SSSR count). The van der Waals surface area contributed by atoms with Crippen LogP contribution in [0.25, 0.3) is 0 Å². The minimum Gasteiger partial charge on any atom is -0.352 e. The Morgan fingerprint density at radius 3 is 1.59 bits per heavy atom. The molecule has 29 heavy (non-hydrogen) atoms. The normalized spacial score (nSPS) is 19.8. The number of nitrogens with one attached hydrogen (secondary N) is 1. The fourth-order valence-corrected chi connectivity index (χ4v) is 15.7. The minimum absolute atomic E-state index is 0.00438. The first-order chi connectivity index (χ1) is 13.6. The molecule has 1 aliphatic carbocycles. The summed E-state index contributed by atoms with van der Waals surface area (Å²) in [6, 6.07) is 22.6. The first kappa shape index (κ1) is 22.0. The Kier molecular flexibility index (Phi) is 6.23. The molecule has 3 heteroatoms. The quantitative estimate of drug-likeness (QED) is 0.566. The van der Waals surface area contributed by atoms with Crippen molar-refractivity contribution in [2.24, 2.45) is 11.8 Å². The van der Waals surface area contributed by atoms with E-state index in [0.29, 0.717) is 11.8 Å². The molecule has 0 amide bonds. The van der Waals surface area contributed by atoms with Gasteiger partial charge >= 0.3 is 0 Å². The molecular weight excluding hydrogens is 382 g/mol. The van der Waals surface area contributed by atoms with Crippen LogP contribution in [-0.2, 0) is 0 Å². The minimum atomic E-state index is -2.40. The molecular formula is C26H37NSi2. The molecule has 0 saturated heterocycles. The number of allylic oxidation sites excluding steroid dienone is 4. The lowest BCUT2D eigenvalue weighted by Crippen LogP contribution is -2.79. The molecule has 0 aromatic heterocycles. The van der Waals surface area contributed by atoms with Crippen molar-refractivity contribution in [3.8, 4) is 0 Å². The summed E-state index contributed by atoms with van der Waals surface area (Å²) in [6.45, 7) is 16.8. The van der Waals surface area contributed by atoms with Gasteiger partial charge in [-0.15, -0.1) is 0 Å². The number of hydrogen-bond acceptors (Lipinski definition) is 1. The van der Waals surface area contributed by atoms with Crippen LogP contribution >= 0.6 is 0 Å². The zero-order valence-corrected chi connectivity index (χ0v) is 21.2. The van der Waals surface area contributed by atoms with Crippen LogP contribution in [0, 0.1) is 11.8 Å². The fraction of sp³-hybridized carbons (Fsp3) is 0.385. The van der Waals surface area contributed by atoms with Crippen molar-refractivity contribution in [1.29, 1.82) is 0 Å². The smallest absolute Gasteiger partial charge is 0.197 e. The van der Waals surface area contributed by atoms with E-state index in [1.54, 1.807) is 0 Å². The number of hydrogen-bond donors (Lipinski definition) is 1. The predicted molar refractivity (Wildman–Crippen MR) is 134 cm³/mol. The van der Waals surface area contributed by atoms with Crippen LogP contribution in [0.15, 0.2) is 84.5 Å². The maximum absolute atomic E-state index is 4.41. The number of benzene rings is 2. The zero-order chi connectivity index (χ0) is 21.3. The van der Waals surface area contributed by atoms with Gasteiger partial charge in [0.1, 0.15) is 8.24 Å². The standard InChI is InChI=1S/C26H37NSi2/c1-21(2)23-18-19-26(20-23,22(3)4)29(27-28(5,6)7,24-14-10-8-11-15-24)25-16-12-9-13-17-25/h8-22,27H,1-7H3. The fourth-order valence-electron chi connectivity index (χ4n) is 4.85. The summed E-state index contributed by atoms with van der Waals surface area (Å²) < 4.78 is 4.41. The highest BCUT2D eigenvalue weighted by atomic mass is 28.4. The van der Waals surface area contributed by atoms with E-state index in [2.05, 4.69) is 131 Å². The molecule has 0 bridgehead atoms. The average molecular weight is 420 g/mol. The van der Waals surface area contributed by atoms with Crippen LogP contribution < -0.4 is 15.0 Å². The predicted octanol–water partition coefficient (Wildman–Crippen LogP) is 5.72. The highest BCUT2D eigenvalue weighted by Gasteiger charge is 2.57. The van der Waals surface area contributed by atoms with E-state index >= 15 is 0 Å². The lowest BCUT2D eigenvalue weighted by Gasteiger charge is -2.51. The third kappa shape index (κ3) is 4.01. The third-order valence-electron chi connectivity index (χ3n) is 6.20. The SMILES string of the molecule is CC(C)C1=CC(C(C)C)([Si](N[Si](C)(C)C)(c2ccccc2)c2ccccc2)C=C1. The van der Waals surface area contributed by atoms with Crippen molar-refractivity contribution in [2.45, 2.75) is 52.4 Å². The van der Waals surface area contributed by atoms with Gasteiger partial charge in [0.05, 0.1) is 0 Å². The van der Waals surface area contributed by atoms with Crippen molar-refractivity contribution in [3.05, 3.63) is 84.5 Å². The summed E-state index contributed by atoms with van der Waals surface area (Å²) in [6.07, 6.45) is 7.58. The molecule has 154 valence electrons. The van der Waals surface area contributed by atoms with E-state index in [1.807, 2.05) is 0 Å². The molecule has 0 radical (unpaired) electrons. The molecule has 1 aliphatic rings. The van der Waals surface area contributed by atoms with Crippen molar-refractivity contribution in [3.63, 3.8) is 0 Å². The molecule has 1 unspecified atom stereocenters. The molecule has 0 spiro atoms. The molecule has 2 aromatic rings. The Labute approximate surface area is 180 Å². The van der Waals surface area contributed by atoms with Crippen LogP contribution in [0.5, 0.6) is 0 Å². The maximum Gasteiger partial charge on any atom is 0.197 e. The molecule has 0 heterocycles. The average Bonchev–Trinajstić information content (AvgIpc) is 3.14. The van der Waals surface area contributed by atoms with Crippen LogP contribution in [0.3, 0.4) is 0 Å². The second-order valence-corrected chi connectivity index (χ2v) is 19.1. The Morgan fingerprint density at radius 1 is 0.759 bits per heavy atom. The molecule has 0 saturated carbocycles. The van der Waals surface area contributed by atoms with E-state index in [4.69, 9.17) is 0 Å². The highest BCUT2D eigenvalue weighted by Crippen LogP contribution is 2.51. The van der Waals surface area contributed by atoms with Gasteiger partial charge in [-0.3, -0.25) is 0 Å². The summed E-state index contributed by atoms with van der Waals surface area (Å²) in [4.78, 5) is 0. The van der Waals surface area contributed by atoms with Crippen molar-refractivity contribution in [1.82, 2.24) is 4.65 Å². The largest absolute Gasteiger partial charge is 0.352 e. The van der Waals surface area contributed by atoms with E-state index in [-0.39, 0.29) is 5.04 Å². The van der Waals surface area contributed by atoms with Gasteiger partial charge in [0.2, 0.25) is 0 Å². The van der Waals surface area contributed by atoms with E-state index in [0.717, 1.165) is 0 Å². The van der Waals surface area contributed by atoms with E-state index in [1.165, 1.54) is 15.9 Å². The van der Waals surface area contributed by atoms with Crippen molar-refractivity contribution in [2.75, 3.05) is 0 Å². The van der Waals surface area contributed by atoms with E-state index < -0.39 is 16.5 Å². The Bertz CT molecular complexity index is 836. The monoisotopic (exact) mass is 419 g/mol. The highest BCUT2D eigenvalue weighted by molar-refractivity contribution is 7.09. The maximum atomic E-state index is 4.41. The summed E-state index contributed by atoms with van der Waals surface area (Å²) in [5.74, 6) is 1.03. The van der Waals surface area contributed by atoms with Gasteiger partial charge in [0.25, 0.3) is 0 Å². The molecule has 0 aliphatic heterocycles. The third-order valence-corrected chi connectivity index (χ3v) is 15.3. The first-order valence-electron chi connectivity index (χ1n) is 10.9. The first-order valence-corrected chi connectivity index (χ1v) is 16.4. The lowest BCUT2D eigenvalue weighted by atomic mass is 9.94. The van der Waals surface area contributed by atoms with Crippen LogP contribution in [0.1, 0.15) is 27.7 Å². The second kappa shape index (κ2) is 8.21. The van der Waals surface area contributed by atoms with Gasteiger partial charge in [-0.25, -0.2) is 0 Å².